The molecule has 1 unspecified atom stereocenters. The van der Waals surface area contributed by atoms with Crippen molar-refractivity contribution in [2.24, 2.45) is 0 Å². The molecule has 2 rings (SSSR count). The second-order valence-electron chi connectivity index (χ2n) is 4.97. The molecule has 0 N–H and O–H groups in total. The molecular weight excluding hydrogens is 354 g/mol. The zero-order valence-corrected chi connectivity index (χ0v) is 13.2. The van der Waals surface area contributed by atoms with Crippen molar-refractivity contribution in [1.29, 1.82) is 0 Å². The van der Waals surface area contributed by atoms with Gasteiger partial charge in [0.15, 0.2) is 0 Å². The SMILES string of the molecule is Cc1cc([N+](=O)[O-])c(N2CC(S(=O)(=O)Cl)CC2=O)c([N+](=O)[O-])c1. The van der Waals surface area contributed by atoms with Gasteiger partial charge in [-0.2, -0.15) is 0 Å². The third-order valence-corrected chi connectivity index (χ3v) is 5.23. The molecule has 1 aliphatic heterocycles. The fourth-order valence-corrected chi connectivity index (χ4v) is 3.40. The summed E-state index contributed by atoms with van der Waals surface area (Å²) in [6.07, 6.45) is -0.492. The van der Waals surface area contributed by atoms with Crippen LogP contribution in [0.2, 0.25) is 0 Å². The van der Waals surface area contributed by atoms with Crippen molar-refractivity contribution in [2.75, 3.05) is 11.4 Å². The fourth-order valence-electron chi connectivity index (χ4n) is 2.38. The molecule has 0 saturated carbocycles. The Kier molecular flexibility index (Phi) is 4.26. The lowest BCUT2D eigenvalue weighted by Crippen LogP contribution is -2.28. The molecule has 1 saturated heterocycles. The highest BCUT2D eigenvalue weighted by atomic mass is 35.7. The van der Waals surface area contributed by atoms with Crippen LogP contribution in [0.1, 0.15) is 12.0 Å². The van der Waals surface area contributed by atoms with E-state index in [0.29, 0.717) is 0 Å². The number of rotatable bonds is 4. The van der Waals surface area contributed by atoms with Gasteiger partial charge >= 0.3 is 0 Å². The van der Waals surface area contributed by atoms with Crippen LogP contribution in [0, 0.1) is 27.2 Å². The summed E-state index contributed by atoms with van der Waals surface area (Å²) < 4.78 is 22.7. The quantitative estimate of drug-likeness (QED) is 0.448. The Morgan fingerprint density at radius 2 is 1.70 bits per heavy atom. The predicted octanol–water partition coefficient (Wildman–Crippen LogP) is 1.49. The van der Waals surface area contributed by atoms with Gasteiger partial charge in [-0.3, -0.25) is 29.9 Å². The first-order chi connectivity index (χ1) is 10.5. The summed E-state index contributed by atoms with van der Waals surface area (Å²) in [5.41, 5.74) is -1.55. The molecule has 0 radical (unpaired) electrons. The molecule has 1 fully saturated rings. The second kappa shape index (κ2) is 5.74. The third-order valence-electron chi connectivity index (χ3n) is 3.37. The fraction of sp³-hybridized carbons (Fsp3) is 0.364. The van der Waals surface area contributed by atoms with Gasteiger partial charge in [0.2, 0.25) is 20.6 Å². The molecule has 0 aromatic heterocycles. The maximum Gasteiger partial charge on any atom is 0.300 e. The van der Waals surface area contributed by atoms with E-state index in [0.717, 1.165) is 17.0 Å². The average molecular weight is 364 g/mol. The number of nitro groups is 2. The van der Waals surface area contributed by atoms with E-state index in [4.69, 9.17) is 10.7 Å². The van der Waals surface area contributed by atoms with Crippen LogP contribution in [0.3, 0.4) is 0 Å². The van der Waals surface area contributed by atoms with Crippen molar-refractivity contribution in [3.63, 3.8) is 0 Å². The number of hydrogen-bond acceptors (Lipinski definition) is 7. The second-order valence-corrected chi connectivity index (χ2v) is 7.88. The summed E-state index contributed by atoms with van der Waals surface area (Å²) in [5.74, 6) is -0.783. The Balaban J connectivity index is 2.65. The summed E-state index contributed by atoms with van der Waals surface area (Å²) in [6, 6.07) is 2.16. The monoisotopic (exact) mass is 363 g/mol. The number of hydrogen-bond donors (Lipinski definition) is 0. The lowest BCUT2D eigenvalue weighted by atomic mass is 10.1. The minimum atomic E-state index is -4.08. The number of carbonyl (C=O) groups excluding carboxylic acids is 1. The molecule has 0 bridgehead atoms. The van der Waals surface area contributed by atoms with Crippen LogP contribution in [0.15, 0.2) is 12.1 Å². The van der Waals surface area contributed by atoms with Gasteiger partial charge in [-0.15, -0.1) is 0 Å². The Hall–Kier alpha value is -2.27. The van der Waals surface area contributed by atoms with E-state index in [-0.39, 0.29) is 5.56 Å². The number of nitro benzene ring substituents is 2. The molecule has 10 nitrogen and oxygen atoms in total. The molecule has 1 aliphatic rings. The van der Waals surface area contributed by atoms with E-state index < -0.39 is 60.1 Å². The summed E-state index contributed by atoms with van der Waals surface area (Å²) in [4.78, 5) is 33.4. The lowest BCUT2D eigenvalue weighted by Gasteiger charge is -2.16. The highest BCUT2D eigenvalue weighted by Crippen LogP contribution is 2.41. The van der Waals surface area contributed by atoms with Crippen molar-refractivity contribution in [1.82, 2.24) is 0 Å². The van der Waals surface area contributed by atoms with Gasteiger partial charge in [-0.1, -0.05) is 0 Å². The van der Waals surface area contributed by atoms with Crippen molar-refractivity contribution in [3.05, 3.63) is 37.9 Å². The van der Waals surface area contributed by atoms with E-state index >= 15 is 0 Å². The van der Waals surface area contributed by atoms with Gasteiger partial charge < -0.3 is 0 Å². The average Bonchev–Trinajstić information content (AvgIpc) is 2.79. The van der Waals surface area contributed by atoms with Gasteiger partial charge in [-0.25, -0.2) is 8.42 Å². The zero-order valence-electron chi connectivity index (χ0n) is 11.6. The highest BCUT2D eigenvalue weighted by molar-refractivity contribution is 8.14. The van der Waals surface area contributed by atoms with E-state index in [9.17, 15) is 33.4 Å². The minimum absolute atomic E-state index is 0.264. The Labute approximate surface area is 134 Å². The van der Waals surface area contributed by atoms with Crippen LogP contribution in [-0.4, -0.2) is 36.0 Å². The number of carbonyl (C=O) groups is 1. The number of nitrogens with zero attached hydrogens (tertiary/aromatic N) is 3. The molecule has 0 aliphatic carbocycles. The summed E-state index contributed by atoms with van der Waals surface area (Å²) in [7, 11) is 1.13. The molecule has 1 aromatic carbocycles. The molecule has 1 heterocycles. The van der Waals surface area contributed by atoms with Crippen LogP contribution in [0.5, 0.6) is 0 Å². The van der Waals surface area contributed by atoms with E-state index in [1.54, 1.807) is 0 Å². The van der Waals surface area contributed by atoms with Gasteiger partial charge in [-0.05, 0) is 12.5 Å². The highest BCUT2D eigenvalue weighted by Gasteiger charge is 2.43. The van der Waals surface area contributed by atoms with E-state index in [1.165, 1.54) is 6.92 Å². The van der Waals surface area contributed by atoms with Gasteiger partial charge in [0, 0.05) is 35.8 Å². The number of halogens is 1. The van der Waals surface area contributed by atoms with Crippen LogP contribution in [-0.2, 0) is 13.8 Å². The van der Waals surface area contributed by atoms with Crippen molar-refractivity contribution in [2.45, 2.75) is 18.6 Å². The van der Waals surface area contributed by atoms with E-state index in [1.807, 2.05) is 0 Å². The molecule has 124 valence electrons. The number of amides is 1. The first kappa shape index (κ1) is 17.1. The standard InChI is InChI=1S/C11H10ClN3O7S/c1-6-2-8(14(17)18)11(9(3-6)15(19)20)13-5-7(4-10(13)16)23(12,21)22/h2-3,7H,4-5H2,1H3. The smallest absolute Gasteiger partial charge is 0.299 e. The molecule has 0 spiro atoms. The maximum atomic E-state index is 12.0. The van der Waals surface area contributed by atoms with Crippen molar-refractivity contribution in [3.8, 4) is 0 Å². The number of aryl methyl sites for hydroxylation is 1. The zero-order chi connectivity index (χ0) is 17.5. The first-order valence-electron chi connectivity index (χ1n) is 6.19. The minimum Gasteiger partial charge on any atom is -0.299 e. The van der Waals surface area contributed by atoms with Crippen molar-refractivity contribution < 1.29 is 23.1 Å². The lowest BCUT2D eigenvalue weighted by molar-refractivity contribution is -0.392. The predicted molar refractivity (Wildman–Crippen MR) is 80.0 cm³/mol. The molecule has 1 aromatic rings. The maximum absolute atomic E-state index is 12.0. The number of anilines is 1. The molecular formula is C11H10ClN3O7S. The largest absolute Gasteiger partial charge is 0.300 e. The molecule has 23 heavy (non-hydrogen) atoms. The molecule has 1 amide bonds. The number of benzene rings is 1. The van der Waals surface area contributed by atoms with E-state index in [2.05, 4.69) is 0 Å². The molecule has 1 atom stereocenters. The van der Waals surface area contributed by atoms with Gasteiger partial charge in [0.1, 0.15) is 5.25 Å². The summed E-state index contributed by atoms with van der Waals surface area (Å²) >= 11 is 0. The Morgan fingerprint density at radius 3 is 2.04 bits per heavy atom. The van der Waals surface area contributed by atoms with Crippen LogP contribution in [0.4, 0.5) is 17.1 Å². The van der Waals surface area contributed by atoms with Crippen LogP contribution >= 0.6 is 10.7 Å². The van der Waals surface area contributed by atoms with Gasteiger partial charge in [0.25, 0.3) is 11.4 Å². The topological polar surface area (TPSA) is 141 Å². The van der Waals surface area contributed by atoms with Crippen molar-refractivity contribution >= 4 is 42.7 Å². The van der Waals surface area contributed by atoms with Crippen LogP contribution in [0.25, 0.3) is 0 Å². The third kappa shape index (κ3) is 3.24. The summed E-state index contributed by atoms with van der Waals surface area (Å²) in [6.45, 7) is 0.955. The first-order valence-corrected chi connectivity index (χ1v) is 8.57. The summed E-state index contributed by atoms with van der Waals surface area (Å²) in [5, 5.41) is 21.1. The van der Waals surface area contributed by atoms with Crippen LogP contribution < -0.4 is 4.90 Å². The Bertz CT molecular complexity index is 788. The molecule has 12 heteroatoms. The van der Waals surface area contributed by atoms with Gasteiger partial charge in [0.05, 0.1) is 9.85 Å². The normalized spacial score (nSPS) is 18.3. The Morgan fingerprint density at radius 1 is 1.22 bits per heavy atom.